The number of hydrogen-bond donors (Lipinski definition) is 0. The van der Waals surface area contributed by atoms with Gasteiger partial charge in [0.1, 0.15) is 12.1 Å². The zero-order valence-electron chi connectivity index (χ0n) is 12.7. The van der Waals surface area contributed by atoms with E-state index in [1.165, 1.54) is 18.4 Å². The molecule has 0 saturated carbocycles. The molecular formula is C17H19N5. The van der Waals surface area contributed by atoms with E-state index in [2.05, 4.69) is 45.2 Å². The fourth-order valence-corrected chi connectivity index (χ4v) is 3.31. The Kier molecular flexibility index (Phi) is 3.25. The van der Waals surface area contributed by atoms with Crippen LogP contribution in [-0.2, 0) is 6.54 Å². The molecule has 1 aliphatic heterocycles. The van der Waals surface area contributed by atoms with Crippen LogP contribution >= 0.6 is 0 Å². The van der Waals surface area contributed by atoms with Crippen molar-refractivity contribution in [3.63, 3.8) is 0 Å². The van der Waals surface area contributed by atoms with Crippen molar-refractivity contribution in [2.45, 2.75) is 32.4 Å². The van der Waals surface area contributed by atoms with Crippen molar-refractivity contribution in [3.8, 4) is 0 Å². The smallest absolute Gasteiger partial charge is 0.140 e. The summed E-state index contributed by atoms with van der Waals surface area (Å²) < 4.78 is 2.04. The van der Waals surface area contributed by atoms with Crippen LogP contribution < -0.4 is 4.90 Å². The zero-order chi connectivity index (χ0) is 14.9. The molecule has 1 aliphatic rings. The standard InChI is InChI=1S/C17H19N5/c1-13-9-20-21(10-13)11-14-5-4-8-22(14)17-15-6-2-3-7-16(15)18-12-19-17/h2-3,6-7,9-10,12,14H,4-5,8,11H2,1H3/t14-/m0/s1. The Labute approximate surface area is 129 Å². The van der Waals surface area contributed by atoms with Crippen molar-refractivity contribution in [1.82, 2.24) is 19.7 Å². The molecule has 5 heteroatoms. The monoisotopic (exact) mass is 293 g/mol. The molecule has 5 nitrogen and oxygen atoms in total. The summed E-state index contributed by atoms with van der Waals surface area (Å²) in [4.78, 5) is 11.4. The lowest BCUT2D eigenvalue weighted by molar-refractivity contribution is 0.507. The molecule has 0 aliphatic carbocycles. The van der Waals surface area contributed by atoms with Gasteiger partial charge in [0.05, 0.1) is 24.3 Å². The molecule has 0 bridgehead atoms. The van der Waals surface area contributed by atoms with Crippen LogP contribution in [0.4, 0.5) is 5.82 Å². The molecule has 1 saturated heterocycles. The topological polar surface area (TPSA) is 46.8 Å². The third-order valence-corrected chi connectivity index (χ3v) is 4.33. The molecule has 4 rings (SSSR count). The van der Waals surface area contributed by atoms with Gasteiger partial charge in [-0.25, -0.2) is 9.97 Å². The van der Waals surface area contributed by atoms with Gasteiger partial charge in [-0.15, -0.1) is 0 Å². The molecule has 2 aromatic heterocycles. The number of anilines is 1. The first-order chi connectivity index (χ1) is 10.8. The van der Waals surface area contributed by atoms with Crippen molar-refractivity contribution in [2.24, 2.45) is 0 Å². The van der Waals surface area contributed by atoms with Crippen molar-refractivity contribution in [3.05, 3.63) is 48.5 Å². The molecule has 1 fully saturated rings. The van der Waals surface area contributed by atoms with E-state index in [0.717, 1.165) is 29.8 Å². The minimum Gasteiger partial charge on any atom is -0.351 e. The van der Waals surface area contributed by atoms with Crippen molar-refractivity contribution in [1.29, 1.82) is 0 Å². The largest absolute Gasteiger partial charge is 0.351 e. The lowest BCUT2D eigenvalue weighted by Crippen LogP contribution is -2.33. The predicted molar refractivity (Wildman–Crippen MR) is 86.9 cm³/mol. The highest BCUT2D eigenvalue weighted by atomic mass is 15.3. The highest BCUT2D eigenvalue weighted by molar-refractivity contribution is 5.89. The Morgan fingerprint density at radius 1 is 1.23 bits per heavy atom. The lowest BCUT2D eigenvalue weighted by atomic mass is 10.2. The van der Waals surface area contributed by atoms with Gasteiger partial charge in [-0.3, -0.25) is 4.68 Å². The first kappa shape index (κ1) is 13.2. The van der Waals surface area contributed by atoms with E-state index in [1.807, 2.05) is 23.0 Å². The maximum absolute atomic E-state index is 4.57. The number of hydrogen-bond acceptors (Lipinski definition) is 4. The van der Waals surface area contributed by atoms with Crippen LogP contribution in [0.2, 0.25) is 0 Å². The molecule has 0 spiro atoms. The maximum atomic E-state index is 4.57. The van der Waals surface area contributed by atoms with Crippen LogP contribution in [0, 0.1) is 6.92 Å². The summed E-state index contributed by atoms with van der Waals surface area (Å²) in [6.07, 6.45) is 8.07. The third kappa shape index (κ3) is 2.32. The second-order valence-electron chi connectivity index (χ2n) is 5.94. The molecule has 0 radical (unpaired) electrons. The van der Waals surface area contributed by atoms with E-state index in [-0.39, 0.29) is 0 Å². The molecule has 0 amide bonds. The number of nitrogens with zero attached hydrogens (tertiary/aromatic N) is 5. The summed E-state index contributed by atoms with van der Waals surface area (Å²) in [5, 5.41) is 5.56. The lowest BCUT2D eigenvalue weighted by Gasteiger charge is -2.26. The normalized spacial score (nSPS) is 18.2. The highest BCUT2D eigenvalue weighted by Crippen LogP contribution is 2.29. The summed E-state index contributed by atoms with van der Waals surface area (Å²) in [7, 11) is 0. The van der Waals surface area contributed by atoms with E-state index in [1.54, 1.807) is 6.33 Å². The van der Waals surface area contributed by atoms with Crippen LogP contribution in [0.15, 0.2) is 43.0 Å². The van der Waals surface area contributed by atoms with E-state index < -0.39 is 0 Å². The molecule has 22 heavy (non-hydrogen) atoms. The van der Waals surface area contributed by atoms with E-state index >= 15 is 0 Å². The zero-order valence-corrected chi connectivity index (χ0v) is 12.7. The Balaban J connectivity index is 1.67. The molecular weight excluding hydrogens is 274 g/mol. The van der Waals surface area contributed by atoms with E-state index in [9.17, 15) is 0 Å². The summed E-state index contributed by atoms with van der Waals surface area (Å²) >= 11 is 0. The van der Waals surface area contributed by atoms with Crippen molar-refractivity contribution < 1.29 is 0 Å². The fraction of sp³-hybridized carbons (Fsp3) is 0.353. The average Bonchev–Trinajstić information content (AvgIpc) is 3.16. The summed E-state index contributed by atoms with van der Waals surface area (Å²) in [6.45, 7) is 4.03. The SMILES string of the molecule is Cc1cnn(C[C@@H]2CCCN2c2ncnc3ccccc23)c1. The van der Waals surface area contributed by atoms with Gasteiger partial charge in [0.2, 0.25) is 0 Å². The van der Waals surface area contributed by atoms with Crippen LogP contribution in [0.25, 0.3) is 10.9 Å². The summed E-state index contributed by atoms with van der Waals surface area (Å²) in [5.74, 6) is 1.05. The number of aromatic nitrogens is 4. The van der Waals surface area contributed by atoms with Gasteiger partial charge < -0.3 is 4.90 Å². The summed E-state index contributed by atoms with van der Waals surface area (Å²) in [6, 6.07) is 8.67. The minimum atomic E-state index is 0.442. The molecule has 3 heterocycles. The van der Waals surface area contributed by atoms with Gasteiger partial charge in [-0.05, 0) is 37.5 Å². The molecule has 0 N–H and O–H groups in total. The van der Waals surface area contributed by atoms with Gasteiger partial charge in [0.15, 0.2) is 0 Å². The van der Waals surface area contributed by atoms with Crippen LogP contribution in [0.1, 0.15) is 18.4 Å². The number of benzene rings is 1. The van der Waals surface area contributed by atoms with E-state index in [4.69, 9.17) is 0 Å². The maximum Gasteiger partial charge on any atom is 0.140 e. The molecule has 112 valence electrons. The minimum absolute atomic E-state index is 0.442. The van der Waals surface area contributed by atoms with Gasteiger partial charge >= 0.3 is 0 Å². The molecule has 3 aromatic rings. The van der Waals surface area contributed by atoms with Gasteiger partial charge in [-0.2, -0.15) is 5.10 Å². The first-order valence-electron chi connectivity index (χ1n) is 7.77. The Bertz CT molecular complexity index is 789. The first-order valence-corrected chi connectivity index (χ1v) is 7.77. The quantitative estimate of drug-likeness (QED) is 0.745. The molecule has 1 aromatic carbocycles. The number of para-hydroxylation sites is 1. The number of rotatable bonds is 3. The Morgan fingerprint density at radius 2 is 2.14 bits per heavy atom. The molecule has 0 unspecified atom stereocenters. The summed E-state index contributed by atoms with van der Waals surface area (Å²) in [5.41, 5.74) is 2.21. The Hall–Kier alpha value is -2.43. The third-order valence-electron chi connectivity index (χ3n) is 4.33. The fourth-order valence-electron chi connectivity index (χ4n) is 3.31. The van der Waals surface area contributed by atoms with E-state index in [0.29, 0.717) is 6.04 Å². The van der Waals surface area contributed by atoms with Crippen LogP contribution in [0.5, 0.6) is 0 Å². The number of aryl methyl sites for hydroxylation is 1. The second-order valence-corrected chi connectivity index (χ2v) is 5.94. The van der Waals surface area contributed by atoms with Gasteiger partial charge in [-0.1, -0.05) is 12.1 Å². The van der Waals surface area contributed by atoms with Gasteiger partial charge in [0, 0.05) is 18.1 Å². The molecule has 1 atom stereocenters. The van der Waals surface area contributed by atoms with Gasteiger partial charge in [0.25, 0.3) is 0 Å². The van der Waals surface area contributed by atoms with Crippen molar-refractivity contribution >= 4 is 16.7 Å². The highest BCUT2D eigenvalue weighted by Gasteiger charge is 2.27. The Morgan fingerprint density at radius 3 is 3.00 bits per heavy atom. The second kappa shape index (κ2) is 5.40. The van der Waals surface area contributed by atoms with Crippen LogP contribution in [-0.4, -0.2) is 32.3 Å². The van der Waals surface area contributed by atoms with Crippen LogP contribution in [0.3, 0.4) is 0 Å². The number of fused-ring (bicyclic) bond motifs is 1. The predicted octanol–water partition coefficient (Wildman–Crippen LogP) is 2.80. The average molecular weight is 293 g/mol. The van der Waals surface area contributed by atoms with Crippen molar-refractivity contribution in [2.75, 3.05) is 11.4 Å².